The highest BCUT2D eigenvalue weighted by atomic mass is 16.5. The van der Waals surface area contributed by atoms with Crippen molar-refractivity contribution in [2.75, 3.05) is 0 Å². The Morgan fingerprint density at radius 3 is 2.72 bits per heavy atom. The van der Waals surface area contributed by atoms with Crippen molar-refractivity contribution in [2.45, 2.75) is 19.4 Å². The molecule has 2 unspecified atom stereocenters. The van der Waals surface area contributed by atoms with Gasteiger partial charge in [-0.3, -0.25) is 9.59 Å². The van der Waals surface area contributed by atoms with Crippen molar-refractivity contribution in [3.8, 4) is 0 Å². The average molecular weight is 251 g/mol. The Labute approximate surface area is 103 Å². The van der Waals surface area contributed by atoms with Crippen LogP contribution in [0.2, 0.25) is 0 Å². The summed E-state index contributed by atoms with van der Waals surface area (Å²) in [5.41, 5.74) is 0. The maximum Gasteiger partial charge on any atom is 0.307 e. The van der Waals surface area contributed by atoms with Crippen LogP contribution in [0.1, 0.15) is 18.7 Å². The number of aromatic nitrogens is 2. The minimum Gasteiger partial charge on any atom is -0.481 e. The number of allylic oxidation sites excluding steroid dienone is 2. The van der Waals surface area contributed by atoms with Crippen molar-refractivity contribution >= 4 is 11.9 Å². The largest absolute Gasteiger partial charge is 0.481 e. The molecule has 2 rings (SSSR count). The zero-order valence-electron chi connectivity index (χ0n) is 9.57. The van der Waals surface area contributed by atoms with E-state index in [2.05, 4.69) is 20.0 Å². The highest BCUT2D eigenvalue weighted by Crippen LogP contribution is 2.25. The van der Waals surface area contributed by atoms with Gasteiger partial charge in [-0.2, -0.15) is 4.98 Å². The van der Waals surface area contributed by atoms with Crippen LogP contribution in [0.5, 0.6) is 0 Å². The van der Waals surface area contributed by atoms with Crippen LogP contribution in [0.4, 0.5) is 0 Å². The summed E-state index contributed by atoms with van der Waals surface area (Å²) in [5.74, 6) is -2.09. The maximum absolute atomic E-state index is 11.9. The molecule has 0 saturated carbocycles. The smallest absolute Gasteiger partial charge is 0.307 e. The van der Waals surface area contributed by atoms with Crippen LogP contribution in [-0.2, 0) is 16.1 Å². The van der Waals surface area contributed by atoms with E-state index in [1.54, 1.807) is 6.08 Å². The zero-order chi connectivity index (χ0) is 13.0. The molecule has 2 N–H and O–H groups in total. The van der Waals surface area contributed by atoms with Crippen LogP contribution in [-0.4, -0.2) is 27.1 Å². The number of carbonyl (C=O) groups excluding carboxylic acids is 1. The summed E-state index contributed by atoms with van der Waals surface area (Å²) in [6.07, 6.45) is 5.62. The molecule has 0 fully saturated rings. The molecule has 1 aliphatic carbocycles. The Kier molecular flexibility index (Phi) is 3.71. The first-order chi connectivity index (χ1) is 8.68. The first-order valence-corrected chi connectivity index (χ1v) is 5.59. The molecule has 1 aromatic heterocycles. The molecule has 1 aliphatic rings. The van der Waals surface area contributed by atoms with Crippen LogP contribution < -0.4 is 5.32 Å². The molecule has 0 spiro atoms. The van der Waals surface area contributed by atoms with Gasteiger partial charge in [0, 0.05) is 0 Å². The first kappa shape index (κ1) is 12.3. The van der Waals surface area contributed by atoms with E-state index in [0.29, 0.717) is 18.7 Å². The molecule has 1 amide bonds. The van der Waals surface area contributed by atoms with Gasteiger partial charge in [0.15, 0.2) is 5.82 Å². The summed E-state index contributed by atoms with van der Waals surface area (Å²) in [6, 6.07) is 0. The molecule has 7 nitrogen and oxygen atoms in total. The van der Waals surface area contributed by atoms with E-state index in [1.807, 2.05) is 6.08 Å². The molecule has 1 aromatic rings. The van der Waals surface area contributed by atoms with Crippen LogP contribution in [0.15, 0.2) is 23.1 Å². The Morgan fingerprint density at radius 1 is 1.39 bits per heavy atom. The Morgan fingerprint density at radius 2 is 2.11 bits per heavy atom. The lowest BCUT2D eigenvalue weighted by molar-refractivity contribution is -0.147. The number of nitrogens with zero attached hydrogens (tertiary/aromatic N) is 2. The van der Waals surface area contributed by atoms with Crippen molar-refractivity contribution in [2.24, 2.45) is 11.8 Å². The van der Waals surface area contributed by atoms with Crippen molar-refractivity contribution in [1.82, 2.24) is 15.5 Å². The molecule has 1 heterocycles. The van der Waals surface area contributed by atoms with E-state index < -0.39 is 17.8 Å². The van der Waals surface area contributed by atoms with E-state index in [0.717, 1.165) is 0 Å². The third-order valence-corrected chi connectivity index (χ3v) is 2.91. The van der Waals surface area contributed by atoms with Crippen molar-refractivity contribution in [3.63, 3.8) is 0 Å². The minimum absolute atomic E-state index is 0.141. The second-order valence-electron chi connectivity index (χ2n) is 4.06. The maximum atomic E-state index is 11.9. The van der Waals surface area contributed by atoms with Crippen LogP contribution >= 0.6 is 0 Å². The topological polar surface area (TPSA) is 105 Å². The number of carboxylic acids is 1. The summed E-state index contributed by atoms with van der Waals surface area (Å²) in [5, 5.41) is 15.2. The van der Waals surface area contributed by atoms with Crippen LogP contribution in [0.3, 0.4) is 0 Å². The number of carboxylic acid groups (broad SMARTS) is 1. The van der Waals surface area contributed by atoms with Gasteiger partial charge >= 0.3 is 5.97 Å². The van der Waals surface area contributed by atoms with E-state index in [1.165, 1.54) is 6.39 Å². The standard InChI is InChI=1S/C11H13N3O4/c15-10(12-5-9-13-6-18-14-9)7-3-1-2-4-8(7)11(16)17/h1-2,6-8H,3-5H2,(H,12,15)(H,16,17). The fraction of sp³-hybridized carbons (Fsp3) is 0.455. The quantitative estimate of drug-likeness (QED) is 0.748. The predicted octanol–water partition coefficient (Wildman–Crippen LogP) is 0.353. The van der Waals surface area contributed by atoms with Gasteiger partial charge in [-0.05, 0) is 12.8 Å². The number of carbonyl (C=O) groups is 2. The number of aliphatic carboxylic acids is 1. The number of hydrogen-bond donors (Lipinski definition) is 2. The zero-order valence-corrected chi connectivity index (χ0v) is 9.57. The van der Waals surface area contributed by atoms with Gasteiger partial charge in [0.05, 0.1) is 18.4 Å². The highest BCUT2D eigenvalue weighted by Gasteiger charge is 2.33. The summed E-state index contributed by atoms with van der Waals surface area (Å²) < 4.78 is 4.53. The molecule has 96 valence electrons. The molecule has 0 aliphatic heterocycles. The Bertz CT molecular complexity index is 455. The third kappa shape index (κ3) is 2.73. The number of hydrogen-bond acceptors (Lipinski definition) is 5. The van der Waals surface area contributed by atoms with E-state index >= 15 is 0 Å². The SMILES string of the molecule is O=C(O)C1CC=CCC1C(=O)NCc1ncon1. The molecule has 0 bridgehead atoms. The second-order valence-corrected chi connectivity index (χ2v) is 4.06. The number of rotatable bonds is 4. The second kappa shape index (κ2) is 5.44. The van der Waals surface area contributed by atoms with Gasteiger partial charge in [0.2, 0.25) is 12.3 Å². The Balaban J connectivity index is 1.94. The monoisotopic (exact) mass is 251 g/mol. The third-order valence-electron chi connectivity index (χ3n) is 2.91. The molecular weight excluding hydrogens is 238 g/mol. The number of amides is 1. The van der Waals surface area contributed by atoms with Gasteiger partial charge in [-0.1, -0.05) is 17.3 Å². The van der Waals surface area contributed by atoms with Crippen LogP contribution in [0, 0.1) is 11.8 Å². The highest BCUT2D eigenvalue weighted by molar-refractivity contribution is 5.85. The molecule has 0 saturated heterocycles. The minimum atomic E-state index is -0.945. The van der Waals surface area contributed by atoms with E-state index in [9.17, 15) is 9.59 Å². The lowest BCUT2D eigenvalue weighted by atomic mass is 9.82. The molecule has 18 heavy (non-hydrogen) atoms. The molecular formula is C11H13N3O4. The van der Waals surface area contributed by atoms with Crippen LogP contribution in [0.25, 0.3) is 0 Å². The summed E-state index contributed by atoms with van der Waals surface area (Å²) in [7, 11) is 0. The Hall–Kier alpha value is -2.18. The summed E-state index contributed by atoms with van der Waals surface area (Å²) in [6.45, 7) is 0.141. The lowest BCUT2D eigenvalue weighted by Crippen LogP contribution is -2.38. The van der Waals surface area contributed by atoms with Gasteiger partial charge in [0.1, 0.15) is 0 Å². The lowest BCUT2D eigenvalue weighted by Gasteiger charge is -2.23. The molecule has 7 heteroatoms. The van der Waals surface area contributed by atoms with Gasteiger partial charge in [-0.25, -0.2) is 0 Å². The number of nitrogens with one attached hydrogen (secondary N) is 1. The summed E-state index contributed by atoms with van der Waals surface area (Å²) in [4.78, 5) is 26.7. The molecule has 0 aromatic carbocycles. The molecule has 0 radical (unpaired) electrons. The average Bonchev–Trinajstić information content (AvgIpc) is 2.89. The van der Waals surface area contributed by atoms with Gasteiger partial charge in [-0.15, -0.1) is 0 Å². The van der Waals surface area contributed by atoms with Gasteiger partial charge < -0.3 is 14.9 Å². The van der Waals surface area contributed by atoms with Crippen molar-refractivity contribution in [1.29, 1.82) is 0 Å². The first-order valence-electron chi connectivity index (χ1n) is 5.59. The van der Waals surface area contributed by atoms with Crippen molar-refractivity contribution in [3.05, 3.63) is 24.4 Å². The van der Waals surface area contributed by atoms with Gasteiger partial charge in [0.25, 0.3) is 0 Å². The predicted molar refractivity (Wildman–Crippen MR) is 59.1 cm³/mol. The summed E-state index contributed by atoms with van der Waals surface area (Å²) >= 11 is 0. The van der Waals surface area contributed by atoms with Crippen molar-refractivity contribution < 1.29 is 19.2 Å². The fourth-order valence-corrected chi connectivity index (χ4v) is 1.94. The van der Waals surface area contributed by atoms with E-state index in [-0.39, 0.29) is 12.5 Å². The molecule has 2 atom stereocenters. The van der Waals surface area contributed by atoms with E-state index in [4.69, 9.17) is 5.11 Å². The fourth-order valence-electron chi connectivity index (χ4n) is 1.94. The normalized spacial score (nSPS) is 22.7.